The fourth-order valence-corrected chi connectivity index (χ4v) is 5.90. The highest BCUT2D eigenvalue weighted by molar-refractivity contribution is 8.10. The number of ether oxygens (including phenoxy) is 2. The van der Waals surface area contributed by atoms with Crippen LogP contribution < -0.4 is 16.3 Å². The third kappa shape index (κ3) is 5.28. The second kappa shape index (κ2) is 11.4. The second-order valence-electron chi connectivity index (χ2n) is 8.61. The Bertz CT molecular complexity index is 1600. The van der Waals surface area contributed by atoms with Crippen molar-refractivity contribution in [3.63, 3.8) is 0 Å². The van der Waals surface area contributed by atoms with Crippen LogP contribution in [-0.2, 0) is 14.3 Å². The van der Waals surface area contributed by atoms with Gasteiger partial charge in [0, 0.05) is 21.4 Å². The summed E-state index contributed by atoms with van der Waals surface area (Å²) in [6.07, 6.45) is 0.659. The number of nitrogens with zero attached hydrogens (tertiary/aromatic N) is 1. The first-order valence-corrected chi connectivity index (χ1v) is 13.3. The summed E-state index contributed by atoms with van der Waals surface area (Å²) in [5, 5.41) is -1.63. The van der Waals surface area contributed by atoms with Gasteiger partial charge < -0.3 is 15.2 Å². The molecule has 0 unspecified atom stereocenters. The van der Waals surface area contributed by atoms with Crippen molar-refractivity contribution in [2.45, 2.75) is 32.1 Å². The maximum absolute atomic E-state index is 15.0. The zero-order valence-corrected chi connectivity index (χ0v) is 23.2. The molecule has 1 aliphatic heterocycles. The predicted octanol–water partition coefficient (Wildman–Crippen LogP) is 4.85. The molecule has 12 heteroatoms. The van der Waals surface area contributed by atoms with Crippen LogP contribution in [0.4, 0.5) is 14.5 Å². The lowest BCUT2D eigenvalue weighted by molar-refractivity contribution is -0.139. The minimum atomic E-state index is -1.40. The number of nitrogen functional groups attached to an aromatic ring is 1. The molecule has 0 aliphatic carbocycles. The molecule has 1 aliphatic rings. The van der Waals surface area contributed by atoms with E-state index in [0.717, 1.165) is 16.7 Å². The summed E-state index contributed by atoms with van der Waals surface area (Å²) in [6.45, 7) is 4.73. The van der Waals surface area contributed by atoms with Gasteiger partial charge in [0.2, 0.25) is 5.91 Å². The van der Waals surface area contributed by atoms with Gasteiger partial charge >= 0.3 is 11.9 Å². The molecule has 3 aromatic rings. The molecule has 4 rings (SSSR count). The number of fused-ring (bicyclic) bond motifs is 1. The number of esters is 2. The molecular formula is C27H22Cl2F2N2O5S. The number of halogens is 4. The highest BCUT2D eigenvalue weighted by Crippen LogP contribution is 2.43. The van der Waals surface area contributed by atoms with Gasteiger partial charge in [-0.15, -0.1) is 0 Å². The van der Waals surface area contributed by atoms with Crippen molar-refractivity contribution in [3.05, 3.63) is 85.5 Å². The summed E-state index contributed by atoms with van der Waals surface area (Å²) in [7, 11) is 0. The Morgan fingerprint density at radius 3 is 2.33 bits per heavy atom. The monoisotopic (exact) mass is 594 g/mol. The standard InChI is InChI=1S/C27H22Cl2F2N2O5S/c1-4-37-26(35)22-20(32)14(11-13-15(28)7-5-9-17(13)30)21-24(27(36)38-12(2)3)39-23(25(34)33(21)22)19-16(29)8-6-10-18(19)31/h5-12,23H,4,32H2,1-3H3/b14-11+/t23-/m1/s1. The molecule has 2 heterocycles. The summed E-state index contributed by atoms with van der Waals surface area (Å²) in [5.74, 6) is -4.18. The SMILES string of the molecule is CCOC(=O)c1c(N)/c(=C\c2c(F)cccc2Cl)c2n1C(=O)[C@@H](c1c(F)cccc1Cl)SC=2C(=O)OC(C)C. The minimum absolute atomic E-state index is 0.0177. The van der Waals surface area contributed by atoms with Gasteiger partial charge in [-0.2, -0.15) is 0 Å². The largest absolute Gasteiger partial charge is 0.461 e. The average Bonchev–Trinajstić information content (AvgIpc) is 3.14. The normalized spacial score (nSPS) is 15.5. The van der Waals surface area contributed by atoms with Crippen molar-refractivity contribution in [1.82, 2.24) is 4.57 Å². The number of hydrogen-bond acceptors (Lipinski definition) is 7. The van der Waals surface area contributed by atoms with Gasteiger partial charge in [-0.25, -0.2) is 18.4 Å². The van der Waals surface area contributed by atoms with Crippen LogP contribution in [0.5, 0.6) is 0 Å². The molecule has 0 spiro atoms. The molecule has 39 heavy (non-hydrogen) atoms. The number of carbonyl (C=O) groups is 3. The number of nitrogens with two attached hydrogens (primary N) is 1. The van der Waals surface area contributed by atoms with Crippen LogP contribution in [0.2, 0.25) is 10.0 Å². The Morgan fingerprint density at radius 1 is 1.10 bits per heavy atom. The molecule has 7 nitrogen and oxygen atoms in total. The van der Waals surface area contributed by atoms with Gasteiger partial charge in [-0.1, -0.05) is 47.1 Å². The molecule has 0 bridgehead atoms. The highest BCUT2D eigenvalue weighted by Gasteiger charge is 2.40. The Morgan fingerprint density at radius 2 is 1.74 bits per heavy atom. The number of benzene rings is 2. The zero-order chi connectivity index (χ0) is 28.6. The maximum atomic E-state index is 15.0. The van der Waals surface area contributed by atoms with Gasteiger partial charge in [-0.3, -0.25) is 9.36 Å². The Labute approximate surface area is 236 Å². The lowest BCUT2D eigenvalue weighted by Crippen LogP contribution is -2.43. The fraction of sp³-hybridized carbons (Fsp3) is 0.222. The molecule has 204 valence electrons. The van der Waals surface area contributed by atoms with E-state index in [2.05, 4.69) is 0 Å². The number of hydrogen-bond donors (Lipinski definition) is 1. The molecule has 2 N–H and O–H groups in total. The first-order chi connectivity index (χ1) is 18.5. The van der Waals surface area contributed by atoms with Gasteiger partial charge in [0.15, 0.2) is 5.69 Å². The van der Waals surface area contributed by atoms with E-state index in [0.29, 0.717) is 11.8 Å². The summed E-state index contributed by atoms with van der Waals surface area (Å²) in [5.41, 5.74) is 5.41. The Hall–Kier alpha value is -3.34. The second-order valence-corrected chi connectivity index (χ2v) is 10.5. The van der Waals surface area contributed by atoms with E-state index in [1.807, 2.05) is 0 Å². The smallest absolute Gasteiger partial charge is 0.357 e. The van der Waals surface area contributed by atoms with E-state index in [4.69, 9.17) is 38.4 Å². The third-order valence-corrected chi connectivity index (χ3v) is 7.62. The van der Waals surface area contributed by atoms with Crippen LogP contribution in [0.3, 0.4) is 0 Å². The van der Waals surface area contributed by atoms with Gasteiger partial charge in [0.25, 0.3) is 0 Å². The maximum Gasteiger partial charge on any atom is 0.357 e. The summed E-state index contributed by atoms with van der Waals surface area (Å²) >= 11 is 13.2. The first kappa shape index (κ1) is 28.7. The lowest BCUT2D eigenvalue weighted by Gasteiger charge is -2.25. The molecule has 2 aromatic carbocycles. The van der Waals surface area contributed by atoms with Gasteiger partial charge in [-0.05, 0) is 51.1 Å². The third-order valence-electron chi connectivity index (χ3n) is 5.69. The van der Waals surface area contributed by atoms with Crippen molar-refractivity contribution in [1.29, 1.82) is 0 Å². The minimum Gasteiger partial charge on any atom is -0.461 e. The molecule has 1 atom stereocenters. The molecule has 0 amide bonds. The van der Waals surface area contributed by atoms with E-state index >= 15 is 0 Å². The van der Waals surface area contributed by atoms with Crippen LogP contribution in [0.15, 0.2) is 36.4 Å². The van der Waals surface area contributed by atoms with E-state index < -0.39 is 46.5 Å². The lowest BCUT2D eigenvalue weighted by atomic mass is 10.1. The average molecular weight is 595 g/mol. The van der Waals surface area contributed by atoms with E-state index in [1.54, 1.807) is 20.8 Å². The number of aromatic nitrogens is 1. The number of anilines is 1. The first-order valence-electron chi connectivity index (χ1n) is 11.7. The van der Waals surface area contributed by atoms with E-state index in [9.17, 15) is 23.2 Å². The Balaban J connectivity index is 2.18. The Kier molecular flexibility index (Phi) is 8.39. The number of rotatable bonds is 6. The fourth-order valence-electron chi connectivity index (χ4n) is 4.09. The van der Waals surface area contributed by atoms with Crippen LogP contribution in [-0.4, -0.2) is 35.1 Å². The number of thioether (sulfide) groups is 1. The number of carbonyl (C=O) groups excluding carboxylic acids is 3. The molecule has 0 saturated carbocycles. The van der Waals surface area contributed by atoms with Crippen molar-refractivity contribution >= 4 is 69.5 Å². The molecular weight excluding hydrogens is 573 g/mol. The van der Waals surface area contributed by atoms with Crippen LogP contribution in [0.25, 0.3) is 11.0 Å². The molecule has 1 aromatic heterocycles. The quantitative estimate of drug-likeness (QED) is 0.407. The van der Waals surface area contributed by atoms with Gasteiger partial charge in [0.05, 0.1) is 28.8 Å². The summed E-state index contributed by atoms with van der Waals surface area (Å²) in [4.78, 5) is 40.3. The van der Waals surface area contributed by atoms with E-state index in [1.165, 1.54) is 30.3 Å². The highest BCUT2D eigenvalue weighted by atomic mass is 35.5. The van der Waals surface area contributed by atoms with Crippen LogP contribution in [0.1, 0.15) is 52.4 Å². The van der Waals surface area contributed by atoms with Crippen molar-refractivity contribution < 1.29 is 32.6 Å². The summed E-state index contributed by atoms with van der Waals surface area (Å²) < 4.78 is 41.2. The van der Waals surface area contributed by atoms with Crippen molar-refractivity contribution in [2.75, 3.05) is 12.3 Å². The van der Waals surface area contributed by atoms with Crippen molar-refractivity contribution in [2.24, 2.45) is 0 Å². The molecule has 0 radical (unpaired) electrons. The molecule has 0 saturated heterocycles. The molecule has 0 fully saturated rings. The zero-order valence-electron chi connectivity index (χ0n) is 20.9. The van der Waals surface area contributed by atoms with E-state index in [-0.39, 0.29) is 48.9 Å². The van der Waals surface area contributed by atoms with Gasteiger partial charge in [0.1, 0.15) is 21.8 Å². The predicted molar refractivity (Wildman–Crippen MR) is 146 cm³/mol. The summed E-state index contributed by atoms with van der Waals surface area (Å²) in [6, 6.07) is 7.88. The topological polar surface area (TPSA) is 101 Å². The van der Waals surface area contributed by atoms with Crippen LogP contribution >= 0.6 is 35.0 Å². The van der Waals surface area contributed by atoms with Crippen molar-refractivity contribution in [3.8, 4) is 0 Å². The van der Waals surface area contributed by atoms with Crippen LogP contribution in [0, 0.1) is 11.6 Å².